The lowest BCUT2D eigenvalue weighted by Crippen LogP contribution is -2.54. The molecule has 0 radical (unpaired) electrons. The molecule has 0 aliphatic carbocycles. The van der Waals surface area contributed by atoms with Gasteiger partial charge in [0, 0.05) is 13.6 Å². The Morgan fingerprint density at radius 3 is 2.63 bits per heavy atom. The van der Waals surface area contributed by atoms with Gasteiger partial charge in [-0.3, -0.25) is 19.2 Å². The third-order valence-corrected chi connectivity index (χ3v) is 6.79. The second kappa shape index (κ2) is 13.6. The minimum Gasteiger partial charge on any atom is -0.491 e. The van der Waals surface area contributed by atoms with Gasteiger partial charge in [-0.25, -0.2) is 0 Å². The van der Waals surface area contributed by atoms with Crippen molar-refractivity contribution < 1.29 is 23.9 Å². The predicted molar refractivity (Wildman–Crippen MR) is 145 cm³/mol. The number of fused-ring (bicyclic) bond motifs is 1. The molecule has 0 saturated heterocycles. The highest BCUT2D eigenvalue weighted by molar-refractivity contribution is 6.01. The van der Waals surface area contributed by atoms with Gasteiger partial charge in [-0.15, -0.1) is 0 Å². The molecule has 0 saturated carbocycles. The molecule has 204 valence electrons. The first-order valence-electron chi connectivity index (χ1n) is 13.1. The van der Waals surface area contributed by atoms with Crippen LogP contribution in [0.2, 0.25) is 0 Å². The Hall–Kier alpha value is -3.88. The molecule has 1 heterocycles. The fourth-order valence-electron chi connectivity index (χ4n) is 4.29. The summed E-state index contributed by atoms with van der Waals surface area (Å²) in [4.78, 5) is 54.2. The average Bonchev–Trinajstić information content (AvgIpc) is 2.90. The first kappa shape index (κ1) is 28.7. The van der Waals surface area contributed by atoms with Crippen LogP contribution in [0.15, 0.2) is 48.5 Å². The van der Waals surface area contributed by atoms with E-state index in [4.69, 9.17) is 4.74 Å². The fourth-order valence-corrected chi connectivity index (χ4v) is 4.29. The van der Waals surface area contributed by atoms with Crippen LogP contribution in [0.25, 0.3) is 0 Å². The molecule has 3 N–H and O–H groups in total. The van der Waals surface area contributed by atoms with E-state index < -0.39 is 29.8 Å². The molecule has 2 aromatic carbocycles. The molecule has 0 fully saturated rings. The minimum absolute atomic E-state index is 0.125. The lowest BCUT2D eigenvalue weighted by atomic mass is 9.97. The van der Waals surface area contributed by atoms with Crippen molar-refractivity contribution in [3.63, 3.8) is 0 Å². The highest BCUT2D eigenvalue weighted by Gasteiger charge is 2.31. The molecule has 3 atom stereocenters. The van der Waals surface area contributed by atoms with Crippen molar-refractivity contribution in [2.75, 3.05) is 26.7 Å². The van der Waals surface area contributed by atoms with E-state index in [0.29, 0.717) is 25.1 Å². The average molecular weight is 523 g/mol. The van der Waals surface area contributed by atoms with E-state index >= 15 is 0 Å². The van der Waals surface area contributed by atoms with E-state index in [1.54, 1.807) is 31.3 Å². The van der Waals surface area contributed by atoms with Crippen LogP contribution < -0.4 is 20.7 Å². The molecule has 0 spiro atoms. The number of aryl methyl sites for hydroxylation is 1. The second-order valence-electron chi connectivity index (χ2n) is 9.80. The molecule has 0 bridgehead atoms. The van der Waals surface area contributed by atoms with E-state index in [1.165, 1.54) is 4.90 Å². The normalized spacial score (nSPS) is 19.8. The van der Waals surface area contributed by atoms with Gasteiger partial charge in [0.05, 0.1) is 18.5 Å². The van der Waals surface area contributed by atoms with Gasteiger partial charge in [-0.1, -0.05) is 62.2 Å². The maximum Gasteiger partial charge on any atom is 0.255 e. The van der Waals surface area contributed by atoms with Crippen LogP contribution in [0.3, 0.4) is 0 Å². The molecule has 9 nitrogen and oxygen atoms in total. The largest absolute Gasteiger partial charge is 0.491 e. The summed E-state index contributed by atoms with van der Waals surface area (Å²) in [5, 5.41) is 8.35. The van der Waals surface area contributed by atoms with Gasteiger partial charge in [0.2, 0.25) is 17.7 Å². The number of para-hydroxylation sites is 1. The lowest BCUT2D eigenvalue weighted by Gasteiger charge is -2.29. The van der Waals surface area contributed by atoms with Crippen molar-refractivity contribution >= 4 is 23.6 Å². The molecule has 9 heteroatoms. The van der Waals surface area contributed by atoms with Gasteiger partial charge in [-0.2, -0.15) is 0 Å². The summed E-state index contributed by atoms with van der Waals surface area (Å²) in [6, 6.07) is 12.8. The molecule has 38 heavy (non-hydrogen) atoms. The molecule has 2 aromatic rings. The number of hydrogen-bond donors (Lipinski definition) is 3. The summed E-state index contributed by atoms with van der Waals surface area (Å²) < 4.78 is 5.84. The number of hydrogen-bond acceptors (Lipinski definition) is 5. The van der Waals surface area contributed by atoms with Crippen LogP contribution in [0.5, 0.6) is 5.75 Å². The lowest BCUT2D eigenvalue weighted by molar-refractivity contribution is -0.137. The Morgan fingerprint density at radius 1 is 1.13 bits per heavy atom. The van der Waals surface area contributed by atoms with Crippen molar-refractivity contribution in [2.24, 2.45) is 5.92 Å². The van der Waals surface area contributed by atoms with Crippen LogP contribution in [-0.2, 0) is 20.8 Å². The van der Waals surface area contributed by atoms with E-state index in [9.17, 15) is 19.2 Å². The van der Waals surface area contributed by atoms with Crippen molar-refractivity contribution in [1.82, 2.24) is 20.9 Å². The summed E-state index contributed by atoms with van der Waals surface area (Å²) >= 11 is 0. The standard InChI is InChI=1S/C29H38N4O5/c1-5-20(3)26-29(37)33(4)15-16-38-24-12-7-6-11-22(24)27(35)31-23(18-25(34)32-26)28(36)30-14-13-21-10-8-9-19(2)17-21/h6-12,17,20,23,26H,5,13-16,18H2,1-4H3,(H,30,36)(H,31,35)(H,32,34)/t20-,23+,26+/m1/s1. The number of likely N-dealkylation sites (N-methyl/N-ethyl adjacent to an activating group) is 1. The summed E-state index contributed by atoms with van der Waals surface area (Å²) in [6.45, 7) is 6.63. The number of carbonyl (C=O) groups excluding carboxylic acids is 4. The summed E-state index contributed by atoms with van der Waals surface area (Å²) in [7, 11) is 1.65. The molecule has 0 unspecified atom stereocenters. The molecule has 4 amide bonds. The number of ether oxygens (including phenoxy) is 1. The highest BCUT2D eigenvalue weighted by Crippen LogP contribution is 2.19. The van der Waals surface area contributed by atoms with Crippen molar-refractivity contribution in [2.45, 2.75) is 52.1 Å². The zero-order valence-electron chi connectivity index (χ0n) is 22.6. The fraction of sp³-hybridized carbons (Fsp3) is 0.448. The van der Waals surface area contributed by atoms with Gasteiger partial charge >= 0.3 is 0 Å². The molecule has 3 rings (SSSR count). The van der Waals surface area contributed by atoms with Crippen LogP contribution in [0, 0.1) is 12.8 Å². The molecule has 1 aliphatic rings. The van der Waals surface area contributed by atoms with Gasteiger partial charge in [0.25, 0.3) is 5.91 Å². The first-order chi connectivity index (χ1) is 18.2. The topological polar surface area (TPSA) is 117 Å². The predicted octanol–water partition coefficient (Wildman–Crippen LogP) is 2.22. The first-order valence-corrected chi connectivity index (χ1v) is 13.1. The van der Waals surface area contributed by atoms with Gasteiger partial charge in [0.1, 0.15) is 24.4 Å². The Labute approximate surface area is 224 Å². The maximum atomic E-state index is 13.2. The number of carbonyl (C=O) groups is 4. The summed E-state index contributed by atoms with van der Waals surface area (Å²) in [6.07, 6.45) is 0.969. The Bertz CT molecular complexity index is 1150. The Kier molecular flexibility index (Phi) is 10.3. The Morgan fingerprint density at radius 2 is 1.89 bits per heavy atom. The highest BCUT2D eigenvalue weighted by atomic mass is 16.5. The monoisotopic (exact) mass is 522 g/mol. The van der Waals surface area contributed by atoms with Crippen molar-refractivity contribution in [3.8, 4) is 5.75 Å². The van der Waals surface area contributed by atoms with Gasteiger partial charge < -0.3 is 25.6 Å². The SMILES string of the molecule is CC[C@@H](C)[C@@H]1NC(=O)C[C@@H](C(=O)NCCc2cccc(C)c2)NC(=O)c2ccccc2OCCN(C)C1=O. The number of amides is 4. The molecular weight excluding hydrogens is 484 g/mol. The molecule has 1 aliphatic heterocycles. The van der Waals surface area contributed by atoms with Crippen molar-refractivity contribution in [1.29, 1.82) is 0 Å². The number of rotatable bonds is 6. The summed E-state index contributed by atoms with van der Waals surface area (Å²) in [5.41, 5.74) is 2.44. The third-order valence-electron chi connectivity index (χ3n) is 6.79. The number of nitrogens with one attached hydrogen (secondary N) is 3. The second-order valence-corrected chi connectivity index (χ2v) is 9.80. The van der Waals surface area contributed by atoms with Crippen LogP contribution in [-0.4, -0.2) is 67.4 Å². The van der Waals surface area contributed by atoms with Crippen molar-refractivity contribution in [3.05, 3.63) is 65.2 Å². The zero-order chi connectivity index (χ0) is 27.7. The van der Waals surface area contributed by atoms with E-state index in [0.717, 1.165) is 11.1 Å². The van der Waals surface area contributed by atoms with Crippen LogP contribution in [0.4, 0.5) is 0 Å². The zero-order valence-corrected chi connectivity index (χ0v) is 22.6. The number of nitrogens with zero attached hydrogens (tertiary/aromatic N) is 1. The quantitative estimate of drug-likeness (QED) is 0.538. The smallest absolute Gasteiger partial charge is 0.255 e. The Balaban J connectivity index is 1.83. The van der Waals surface area contributed by atoms with Crippen LogP contribution >= 0.6 is 0 Å². The molecular formula is C29H38N4O5. The molecule has 0 aromatic heterocycles. The van der Waals surface area contributed by atoms with Gasteiger partial charge in [0.15, 0.2) is 0 Å². The summed E-state index contributed by atoms with van der Waals surface area (Å²) in [5.74, 6) is -1.51. The maximum absolute atomic E-state index is 13.2. The van der Waals surface area contributed by atoms with Gasteiger partial charge in [-0.05, 0) is 37.0 Å². The number of benzene rings is 2. The van der Waals surface area contributed by atoms with Crippen LogP contribution in [0.1, 0.15) is 48.2 Å². The van der Waals surface area contributed by atoms with E-state index in [1.807, 2.05) is 45.0 Å². The van der Waals surface area contributed by atoms with E-state index in [-0.39, 0.29) is 37.0 Å². The van der Waals surface area contributed by atoms with E-state index in [2.05, 4.69) is 16.0 Å². The minimum atomic E-state index is -1.14. The third kappa shape index (κ3) is 7.81.